The highest BCUT2D eigenvalue weighted by Crippen LogP contribution is 2.20. The van der Waals surface area contributed by atoms with Crippen molar-refractivity contribution in [3.8, 4) is 0 Å². The molecule has 4 N–H and O–H groups in total. The van der Waals surface area contributed by atoms with Gasteiger partial charge >= 0.3 is 6.03 Å². The van der Waals surface area contributed by atoms with Crippen LogP contribution in [0.4, 0.5) is 14.9 Å². The molecule has 0 aliphatic rings. The Hall–Kier alpha value is -1.63. The second kappa shape index (κ2) is 5.62. The maximum Gasteiger partial charge on any atom is 0.318 e. The molecule has 3 amide bonds. The largest absolute Gasteiger partial charge is 0.374 e. The molecule has 92 valence electrons. The van der Waals surface area contributed by atoms with E-state index >= 15 is 0 Å². The Balaban J connectivity index is 2.67. The summed E-state index contributed by atoms with van der Waals surface area (Å²) < 4.78 is 13.2. The molecule has 0 heterocycles. The van der Waals surface area contributed by atoms with Gasteiger partial charge in [0.05, 0.1) is 4.47 Å². The lowest BCUT2D eigenvalue weighted by Gasteiger charge is -2.14. The van der Waals surface area contributed by atoms with E-state index in [2.05, 4.69) is 21.2 Å². The monoisotopic (exact) mass is 303 g/mol. The number of benzene rings is 1. The van der Waals surface area contributed by atoms with Gasteiger partial charge in [-0.1, -0.05) is 0 Å². The van der Waals surface area contributed by atoms with Crippen molar-refractivity contribution < 1.29 is 14.0 Å². The molecule has 0 aliphatic heterocycles. The predicted molar refractivity (Wildman–Crippen MR) is 64.9 cm³/mol. The van der Waals surface area contributed by atoms with Crippen molar-refractivity contribution in [3.63, 3.8) is 0 Å². The maximum atomic E-state index is 13.0. The average Bonchev–Trinajstić information content (AvgIpc) is 2.22. The van der Waals surface area contributed by atoms with Crippen LogP contribution in [-0.4, -0.2) is 18.0 Å². The van der Waals surface area contributed by atoms with E-state index < -0.39 is 23.8 Å². The normalized spacial score (nSPS) is 11.7. The molecule has 0 aromatic heterocycles. The van der Waals surface area contributed by atoms with Gasteiger partial charge in [-0.15, -0.1) is 0 Å². The Morgan fingerprint density at radius 3 is 2.65 bits per heavy atom. The van der Waals surface area contributed by atoms with Gasteiger partial charge in [-0.25, -0.2) is 9.18 Å². The van der Waals surface area contributed by atoms with Gasteiger partial charge in [-0.05, 0) is 41.1 Å². The van der Waals surface area contributed by atoms with Crippen LogP contribution in [0.15, 0.2) is 22.7 Å². The van der Waals surface area contributed by atoms with Crippen LogP contribution >= 0.6 is 15.9 Å². The van der Waals surface area contributed by atoms with Crippen molar-refractivity contribution in [2.45, 2.75) is 13.0 Å². The SMILES string of the molecule is CC(Nc1ccc(F)c(Br)c1)C(=O)NC(N)=O. The van der Waals surface area contributed by atoms with Crippen LogP contribution < -0.4 is 16.4 Å². The standard InChI is InChI=1S/C10H11BrFN3O2/c1-5(9(16)15-10(13)17)14-6-2-3-8(12)7(11)4-6/h2-5,14H,1H3,(H3,13,15,16,17). The number of amides is 3. The number of urea groups is 1. The van der Waals surface area contributed by atoms with Gasteiger partial charge in [-0.2, -0.15) is 0 Å². The van der Waals surface area contributed by atoms with Crippen molar-refractivity contribution in [1.29, 1.82) is 0 Å². The first kappa shape index (κ1) is 13.4. The summed E-state index contributed by atoms with van der Waals surface area (Å²) in [6, 6.07) is 2.65. The second-order valence-corrected chi connectivity index (χ2v) is 4.20. The van der Waals surface area contributed by atoms with E-state index in [1.54, 1.807) is 6.92 Å². The molecule has 1 atom stereocenters. The Labute approximate surface area is 106 Å². The van der Waals surface area contributed by atoms with Gasteiger partial charge in [0, 0.05) is 5.69 Å². The van der Waals surface area contributed by atoms with Gasteiger partial charge in [-0.3, -0.25) is 10.1 Å². The third kappa shape index (κ3) is 4.03. The number of anilines is 1. The molecule has 0 bridgehead atoms. The number of nitrogens with two attached hydrogens (primary N) is 1. The highest BCUT2D eigenvalue weighted by molar-refractivity contribution is 9.10. The lowest BCUT2D eigenvalue weighted by Crippen LogP contribution is -2.43. The molecule has 5 nitrogen and oxygen atoms in total. The fourth-order valence-corrected chi connectivity index (χ4v) is 1.51. The molecule has 7 heteroatoms. The molecular weight excluding hydrogens is 293 g/mol. The van der Waals surface area contributed by atoms with E-state index in [0.29, 0.717) is 5.69 Å². The lowest BCUT2D eigenvalue weighted by molar-refractivity contribution is -0.120. The Morgan fingerprint density at radius 2 is 2.12 bits per heavy atom. The number of halogens is 2. The molecule has 17 heavy (non-hydrogen) atoms. The molecule has 0 spiro atoms. The van der Waals surface area contributed by atoms with E-state index in [1.165, 1.54) is 18.2 Å². The minimum Gasteiger partial charge on any atom is -0.374 e. The number of imide groups is 1. The van der Waals surface area contributed by atoms with Gasteiger partial charge in [0.25, 0.3) is 0 Å². The summed E-state index contributed by atoms with van der Waals surface area (Å²) in [4.78, 5) is 21.8. The second-order valence-electron chi connectivity index (χ2n) is 3.35. The number of carbonyl (C=O) groups is 2. The minimum absolute atomic E-state index is 0.282. The van der Waals surface area contributed by atoms with Crippen molar-refractivity contribution >= 4 is 33.6 Å². The van der Waals surface area contributed by atoms with Crippen LogP contribution in [0.3, 0.4) is 0 Å². The van der Waals surface area contributed by atoms with Crippen molar-refractivity contribution in [1.82, 2.24) is 5.32 Å². The predicted octanol–water partition coefficient (Wildman–Crippen LogP) is 1.58. The Kier molecular flexibility index (Phi) is 4.45. The summed E-state index contributed by atoms with van der Waals surface area (Å²) in [6.45, 7) is 1.55. The van der Waals surface area contributed by atoms with E-state index in [1.807, 2.05) is 5.32 Å². The molecule has 1 unspecified atom stereocenters. The van der Waals surface area contributed by atoms with Crippen LogP contribution in [0, 0.1) is 5.82 Å². The third-order valence-corrected chi connectivity index (χ3v) is 2.55. The first-order chi connectivity index (χ1) is 7.90. The van der Waals surface area contributed by atoms with Crippen LogP contribution in [0.2, 0.25) is 0 Å². The van der Waals surface area contributed by atoms with Crippen molar-refractivity contribution in [3.05, 3.63) is 28.5 Å². The topological polar surface area (TPSA) is 84.2 Å². The zero-order chi connectivity index (χ0) is 13.0. The summed E-state index contributed by atoms with van der Waals surface area (Å²) in [5, 5.41) is 4.74. The van der Waals surface area contributed by atoms with Gasteiger partial charge < -0.3 is 11.1 Å². The Morgan fingerprint density at radius 1 is 1.47 bits per heavy atom. The number of rotatable bonds is 3. The molecule has 1 rings (SSSR count). The summed E-state index contributed by atoms with van der Waals surface area (Å²) in [6.07, 6.45) is 0. The van der Waals surface area contributed by atoms with Crippen molar-refractivity contribution in [2.24, 2.45) is 5.73 Å². The fourth-order valence-electron chi connectivity index (χ4n) is 1.13. The molecule has 1 aromatic carbocycles. The molecule has 0 radical (unpaired) electrons. The number of hydrogen-bond donors (Lipinski definition) is 3. The molecule has 0 saturated heterocycles. The first-order valence-corrected chi connectivity index (χ1v) is 5.51. The van der Waals surface area contributed by atoms with E-state index in [-0.39, 0.29) is 4.47 Å². The van der Waals surface area contributed by atoms with Crippen LogP contribution in [0.25, 0.3) is 0 Å². The average molecular weight is 304 g/mol. The van der Waals surface area contributed by atoms with Crippen LogP contribution in [-0.2, 0) is 4.79 Å². The molecule has 0 saturated carbocycles. The molecule has 1 aromatic rings. The molecule has 0 fully saturated rings. The number of hydrogen-bond acceptors (Lipinski definition) is 3. The van der Waals surface area contributed by atoms with Crippen LogP contribution in [0.1, 0.15) is 6.92 Å². The van der Waals surface area contributed by atoms with Gasteiger partial charge in [0.15, 0.2) is 0 Å². The summed E-state index contributed by atoms with van der Waals surface area (Å²) >= 11 is 3.02. The number of nitrogens with one attached hydrogen (secondary N) is 2. The summed E-state index contributed by atoms with van der Waals surface area (Å²) in [7, 11) is 0. The number of carbonyl (C=O) groups excluding carboxylic acids is 2. The zero-order valence-corrected chi connectivity index (χ0v) is 10.5. The fraction of sp³-hybridized carbons (Fsp3) is 0.200. The van der Waals surface area contributed by atoms with E-state index in [0.717, 1.165) is 0 Å². The van der Waals surface area contributed by atoms with Gasteiger partial charge in [0.1, 0.15) is 11.9 Å². The molecule has 0 aliphatic carbocycles. The van der Waals surface area contributed by atoms with Crippen LogP contribution in [0.5, 0.6) is 0 Å². The first-order valence-electron chi connectivity index (χ1n) is 4.72. The van der Waals surface area contributed by atoms with E-state index in [4.69, 9.17) is 5.73 Å². The molecular formula is C10H11BrFN3O2. The smallest absolute Gasteiger partial charge is 0.318 e. The maximum absolute atomic E-state index is 13.0. The minimum atomic E-state index is -0.913. The summed E-state index contributed by atoms with van der Waals surface area (Å²) in [5.74, 6) is -0.956. The lowest BCUT2D eigenvalue weighted by atomic mass is 10.2. The quantitative estimate of drug-likeness (QED) is 0.792. The summed E-state index contributed by atoms with van der Waals surface area (Å²) in [5.41, 5.74) is 5.36. The highest BCUT2D eigenvalue weighted by Gasteiger charge is 2.14. The number of primary amides is 1. The Bertz CT molecular complexity index is 453. The zero-order valence-electron chi connectivity index (χ0n) is 8.96. The van der Waals surface area contributed by atoms with E-state index in [9.17, 15) is 14.0 Å². The third-order valence-electron chi connectivity index (χ3n) is 1.94. The van der Waals surface area contributed by atoms with Crippen molar-refractivity contribution in [2.75, 3.05) is 5.32 Å². The van der Waals surface area contributed by atoms with Gasteiger partial charge in [0.2, 0.25) is 5.91 Å². The highest BCUT2D eigenvalue weighted by atomic mass is 79.9.